The molecule has 0 amide bonds. The van der Waals surface area contributed by atoms with Crippen LogP contribution in [0.5, 0.6) is 0 Å². The fourth-order valence-electron chi connectivity index (χ4n) is 2.95. The first-order chi connectivity index (χ1) is 8.20. The SMILES string of the molecule is CN=C1C=CC2CCCN(CCN(C)C)C2C1. The van der Waals surface area contributed by atoms with Crippen LogP contribution in [0.2, 0.25) is 0 Å². The Morgan fingerprint density at radius 1 is 1.47 bits per heavy atom. The molecule has 0 spiro atoms. The maximum absolute atomic E-state index is 4.36. The molecule has 17 heavy (non-hydrogen) atoms. The summed E-state index contributed by atoms with van der Waals surface area (Å²) >= 11 is 0. The highest BCUT2D eigenvalue weighted by Crippen LogP contribution is 2.30. The van der Waals surface area contributed by atoms with Crippen LogP contribution < -0.4 is 0 Å². The number of nitrogens with zero attached hydrogens (tertiary/aromatic N) is 3. The fourth-order valence-corrected chi connectivity index (χ4v) is 2.95. The molecule has 96 valence electrons. The Kier molecular flexibility index (Phi) is 4.35. The fraction of sp³-hybridized carbons (Fsp3) is 0.786. The molecule has 1 aliphatic heterocycles. The van der Waals surface area contributed by atoms with Gasteiger partial charge < -0.3 is 4.90 Å². The topological polar surface area (TPSA) is 18.8 Å². The smallest absolute Gasteiger partial charge is 0.0357 e. The average Bonchev–Trinajstić information content (AvgIpc) is 2.35. The van der Waals surface area contributed by atoms with Gasteiger partial charge in [0, 0.05) is 38.3 Å². The van der Waals surface area contributed by atoms with Gasteiger partial charge in [0.05, 0.1) is 0 Å². The van der Waals surface area contributed by atoms with E-state index >= 15 is 0 Å². The molecule has 0 radical (unpaired) electrons. The number of hydrogen-bond acceptors (Lipinski definition) is 3. The minimum Gasteiger partial charge on any atom is -0.308 e. The molecule has 0 bridgehead atoms. The number of fused-ring (bicyclic) bond motifs is 1. The third-order valence-corrected chi connectivity index (χ3v) is 4.02. The molecule has 1 saturated heterocycles. The lowest BCUT2D eigenvalue weighted by molar-refractivity contribution is 0.108. The third-order valence-electron chi connectivity index (χ3n) is 4.02. The summed E-state index contributed by atoms with van der Waals surface area (Å²) in [6, 6.07) is 0.701. The van der Waals surface area contributed by atoms with Crippen molar-refractivity contribution in [1.29, 1.82) is 0 Å². The second-order valence-corrected chi connectivity index (χ2v) is 5.49. The molecular weight excluding hydrogens is 210 g/mol. The van der Waals surface area contributed by atoms with Crippen LogP contribution in [0.25, 0.3) is 0 Å². The number of likely N-dealkylation sites (tertiary alicyclic amines) is 1. The summed E-state index contributed by atoms with van der Waals surface area (Å²) in [5.74, 6) is 0.761. The summed E-state index contributed by atoms with van der Waals surface area (Å²) in [5, 5.41) is 0. The van der Waals surface area contributed by atoms with Crippen LogP contribution in [-0.4, -0.2) is 62.3 Å². The zero-order chi connectivity index (χ0) is 12.3. The number of piperidine rings is 1. The van der Waals surface area contributed by atoms with Crippen molar-refractivity contribution in [3.63, 3.8) is 0 Å². The largest absolute Gasteiger partial charge is 0.308 e. The highest BCUT2D eigenvalue weighted by atomic mass is 15.2. The van der Waals surface area contributed by atoms with Crippen molar-refractivity contribution in [2.75, 3.05) is 40.8 Å². The van der Waals surface area contributed by atoms with E-state index < -0.39 is 0 Å². The van der Waals surface area contributed by atoms with Gasteiger partial charge in [0.1, 0.15) is 0 Å². The molecular formula is C14H25N3. The highest BCUT2D eigenvalue weighted by Gasteiger charge is 2.32. The number of allylic oxidation sites excluding steroid dienone is 1. The van der Waals surface area contributed by atoms with E-state index in [1.54, 1.807) is 0 Å². The minimum atomic E-state index is 0.701. The summed E-state index contributed by atoms with van der Waals surface area (Å²) in [6.45, 7) is 3.62. The van der Waals surface area contributed by atoms with Crippen LogP contribution in [0.15, 0.2) is 17.1 Å². The maximum Gasteiger partial charge on any atom is 0.0357 e. The van der Waals surface area contributed by atoms with E-state index in [2.05, 4.69) is 41.0 Å². The Bertz CT molecular complexity index is 307. The van der Waals surface area contributed by atoms with Gasteiger partial charge in [-0.2, -0.15) is 0 Å². The molecule has 0 aromatic rings. The van der Waals surface area contributed by atoms with Gasteiger partial charge in [-0.25, -0.2) is 0 Å². The molecule has 2 atom stereocenters. The van der Waals surface area contributed by atoms with Gasteiger partial charge in [0.2, 0.25) is 0 Å². The first kappa shape index (κ1) is 12.8. The Labute approximate surface area is 105 Å². The molecule has 3 heteroatoms. The average molecular weight is 235 g/mol. The predicted octanol–water partition coefficient (Wildman–Crippen LogP) is 1.66. The first-order valence-electron chi connectivity index (χ1n) is 6.73. The molecule has 1 aliphatic carbocycles. The van der Waals surface area contributed by atoms with Gasteiger partial charge in [-0.3, -0.25) is 9.89 Å². The van der Waals surface area contributed by atoms with Crippen molar-refractivity contribution in [3.8, 4) is 0 Å². The van der Waals surface area contributed by atoms with Gasteiger partial charge in [0.25, 0.3) is 0 Å². The number of likely N-dealkylation sites (N-methyl/N-ethyl adjacent to an activating group) is 1. The van der Waals surface area contributed by atoms with Crippen LogP contribution in [-0.2, 0) is 0 Å². The third kappa shape index (κ3) is 3.17. The molecule has 0 aromatic heterocycles. The van der Waals surface area contributed by atoms with E-state index in [0.717, 1.165) is 18.9 Å². The molecule has 1 fully saturated rings. The standard InChI is InChI=1S/C14H25N3/c1-15-13-7-6-12-5-4-8-17(14(12)11-13)10-9-16(2)3/h6-7,12,14H,4-5,8-11H2,1-3H3. The van der Waals surface area contributed by atoms with E-state index in [0.29, 0.717) is 6.04 Å². The highest BCUT2D eigenvalue weighted by molar-refractivity contribution is 5.96. The van der Waals surface area contributed by atoms with E-state index in [4.69, 9.17) is 0 Å². The van der Waals surface area contributed by atoms with E-state index in [1.807, 2.05) is 7.05 Å². The maximum atomic E-state index is 4.36. The van der Waals surface area contributed by atoms with Crippen LogP contribution in [0.3, 0.4) is 0 Å². The van der Waals surface area contributed by atoms with Crippen molar-refractivity contribution >= 4 is 5.71 Å². The molecule has 2 rings (SSSR count). The van der Waals surface area contributed by atoms with E-state index in [-0.39, 0.29) is 0 Å². The second-order valence-electron chi connectivity index (χ2n) is 5.49. The molecule has 0 N–H and O–H groups in total. The minimum absolute atomic E-state index is 0.701. The second kappa shape index (κ2) is 5.78. The van der Waals surface area contributed by atoms with Crippen molar-refractivity contribution < 1.29 is 0 Å². The van der Waals surface area contributed by atoms with Crippen molar-refractivity contribution in [1.82, 2.24) is 9.80 Å². The molecule has 2 aliphatic rings. The molecule has 0 aromatic carbocycles. The quantitative estimate of drug-likeness (QED) is 0.741. The monoisotopic (exact) mass is 235 g/mol. The van der Waals surface area contributed by atoms with Crippen molar-refractivity contribution in [2.24, 2.45) is 10.9 Å². The number of rotatable bonds is 3. The van der Waals surface area contributed by atoms with Gasteiger partial charge in [-0.1, -0.05) is 6.08 Å². The zero-order valence-electron chi connectivity index (χ0n) is 11.4. The summed E-state index contributed by atoms with van der Waals surface area (Å²) < 4.78 is 0. The summed E-state index contributed by atoms with van der Waals surface area (Å²) in [7, 11) is 6.22. The van der Waals surface area contributed by atoms with Crippen molar-refractivity contribution in [2.45, 2.75) is 25.3 Å². The van der Waals surface area contributed by atoms with Gasteiger partial charge in [-0.15, -0.1) is 0 Å². The Balaban J connectivity index is 2.00. The van der Waals surface area contributed by atoms with Gasteiger partial charge in [0.15, 0.2) is 0 Å². The Hall–Kier alpha value is -0.670. The Morgan fingerprint density at radius 3 is 3.00 bits per heavy atom. The van der Waals surface area contributed by atoms with Crippen molar-refractivity contribution in [3.05, 3.63) is 12.2 Å². The van der Waals surface area contributed by atoms with Crippen LogP contribution in [0.4, 0.5) is 0 Å². The molecule has 3 nitrogen and oxygen atoms in total. The lowest BCUT2D eigenvalue weighted by Crippen LogP contribution is -2.49. The first-order valence-corrected chi connectivity index (χ1v) is 6.73. The number of hydrogen-bond donors (Lipinski definition) is 0. The lowest BCUT2D eigenvalue weighted by atomic mass is 9.82. The summed E-state index contributed by atoms with van der Waals surface area (Å²) in [6.07, 6.45) is 8.47. The molecule has 2 unspecified atom stereocenters. The van der Waals surface area contributed by atoms with Gasteiger partial charge in [-0.05, 0) is 45.5 Å². The zero-order valence-corrected chi connectivity index (χ0v) is 11.4. The Morgan fingerprint density at radius 2 is 2.29 bits per heavy atom. The summed E-state index contributed by atoms with van der Waals surface area (Å²) in [5.41, 5.74) is 1.27. The van der Waals surface area contributed by atoms with Gasteiger partial charge >= 0.3 is 0 Å². The predicted molar refractivity (Wildman–Crippen MR) is 73.8 cm³/mol. The van der Waals surface area contributed by atoms with Crippen LogP contribution >= 0.6 is 0 Å². The van der Waals surface area contributed by atoms with Crippen LogP contribution in [0, 0.1) is 5.92 Å². The lowest BCUT2D eigenvalue weighted by Gasteiger charge is -2.42. The summed E-state index contributed by atoms with van der Waals surface area (Å²) in [4.78, 5) is 9.31. The number of aliphatic imine (C=N–C) groups is 1. The molecule has 0 saturated carbocycles. The molecule has 1 heterocycles. The normalized spacial score (nSPS) is 32.1. The van der Waals surface area contributed by atoms with Crippen LogP contribution in [0.1, 0.15) is 19.3 Å². The van der Waals surface area contributed by atoms with E-state index in [9.17, 15) is 0 Å². The van der Waals surface area contributed by atoms with E-state index in [1.165, 1.54) is 31.6 Å².